The van der Waals surface area contributed by atoms with E-state index >= 15 is 0 Å². The summed E-state index contributed by atoms with van der Waals surface area (Å²) in [5.41, 5.74) is 0.911. The van der Waals surface area contributed by atoms with E-state index in [1.807, 2.05) is 13.0 Å². The molecule has 2 heteroatoms. The maximum atomic E-state index is 13.3. The SMILES string of the molecule is Cc1cc(F)cc(C2(O)CCC(C)(C)C2)c1. The van der Waals surface area contributed by atoms with Gasteiger partial charge >= 0.3 is 0 Å². The van der Waals surface area contributed by atoms with Crippen LogP contribution in [0.5, 0.6) is 0 Å². The molecule has 1 saturated carbocycles. The van der Waals surface area contributed by atoms with Crippen LogP contribution in [0.1, 0.15) is 44.2 Å². The van der Waals surface area contributed by atoms with Crippen molar-refractivity contribution in [2.45, 2.75) is 45.6 Å². The van der Waals surface area contributed by atoms with E-state index < -0.39 is 5.60 Å². The molecule has 0 heterocycles. The lowest BCUT2D eigenvalue weighted by Gasteiger charge is -2.26. The van der Waals surface area contributed by atoms with E-state index in [1.54, 1.807) is 0 Å². The Morgan fingerprint density at radius 1 is 1.19 bits per heavy atom. The summed E-state index contributed by atoms with van der Waals surface area (Å²) in [6, 6.07) is 4.85. The zero-order valence-electron chi connectivity index (χ0n) is 10.2. The van der Waals surface area contributed by atoms with Crippen LogP contribution in [-0.2, 0) is 5.60 Å². The number of halogens is 1. The summed E-state index contributed by atoms with van der Waals surface area (Å²) in [6.07, 6.45) is 2.42. The molecule has 1 aromatic rings. The quantitative estimate of drug-likeness (QED) is 0.770. The van der Waals surface area contributed by atoms with Gasteiger partial charge in [0.25, 0.3) is 0 Å². The lowest BCUT2D eigenvalue weighted by molar-refractivity contribution is 0.0335. The molecule has 16 heavy (non-hydrogen) atoms. The van der Waals surface area contributed by atoms with Gasteiger partial charge in [-0.1, -0.05) is 19.9 Å². The van der Waals surface area contributed by atoms with E-state index in [-0.39, 0.29) is 11.2 Å². The third-order valence-corrected chi connectivity index (χ3v) is 3.57. The molecule has 2 rings (SSSR count). The predicted molar refractivity (Wildman–Crippen MR) is 62.7 cm³/mol. The van der Waals surface area contributed by atoms with Crippen molar-refractivity contribution in [1.29, 1.82) is 0 Å². The summed E-state index contributed by atoms with van der Waals surface area (Å²) < 4.78 is 13.3. The molecule has 1 nitrogen and oxygen atoms in total. The second-order valence-electron chi connectivity index (χ2n) is 5.89. The van der Waals surface area contributed by atoms with Crippen molar-refractivity contribution in [3.05, 3.63) is 35.1 Å². The molecule has 1 aliphatic carbocycles. The van der Waals surface area contributed by atoms with Crippen LogP contribution in [0.4, 0.5) is 4.39 Å². The van der Waals surface area contributed by atoms with Gasteiger partial charge in [-0.25, -0.2) is 4.39 Å². The molecule has 0 aliphatic heterocycles. The van der Waals surface area contributed by atoms with E-state index in [2.05, 4.69) is 13.8 Å². The summed E-state index contributed by atoms with van der Waals surface area (Å²) in [6.45, 7) is 6.16. The monoisotopic (exact) mass is 222 g/mol. The second kappa shape index (κ2) is 3.56. The van der Waals surface area contributed by atoms with E-state index in [9.17, 15) is 9.50 Å². The van der Waals surface area contributed by atoms with Crippen LogP contribution in [0, 0.1) is 18.2 Å². The van der Waals surface area contributed by atoms with E-state index in [4.69, 9.17) is 0 Å². The smallest absolute Gasteiger partial charge is 0.123 e. The van der Waals surface area contributed by atoms with Crippen molar-refractivity contribution in [1.82, 2.24) is 0 Å². The Labute approximate surface area is 96.3 Å². The molecular formula is C14H19FO. The summed E-state index contributed by atoms with van der Waals surface area (Å²) in [5.74, 6) is -0.256. The summed E-state index contributed by atoms with van der Waals surface area (Å²) in [7, 11) is 0. The molecule has 0 amide bonds. The molecule has 1 aliphatic rings. The first-order chi connectivity index (χ1) is 7.31. The average Bonchev–Trinajstić information content (AvgIpc) is 2.40. The topological polar surface area (TPSA) is 20.2 Å². The average molecular weight is 222 g/mol. The third kappa shape index (κ3) is 2.12. The first kappa shape index (κ1) is 11.6. The number of rotatable bonds is 1. The normalized spacial score (nSPS) is 28.3. The highest BCUT2D eigenvalue weighted by Crippen LogP contribution is 2.49. The maximum absolute atomic E-state index is 13.3. The van der Waals surface area contributed by atoms with Gasteiger partial charge in [0.05, 0.1) is 5.60 Å². The summed E-state index contributed by atoms with van der Waals surface area (Å²) in [5, 5.41) is 10.6. The maximum Gasteiger partial charge on any atom is 0.123 e. The van der Waals surface area contributed by atoms with Crippen molar-refractivity contribution < 1.29 is 9.50 Å². The lowest BCUT2D eigenvalue weighted by atomic mass is 9.85. The molecule has 0 spiro atoms. The first-order valence-corrected chi connectivity index (χ1v) is 5.81. The highest BCUT2D eigenvalue weighted by molar-refractivity contribution is 5.29. The van der Waals surface area contributed by atoms with Gasteiger partial charge in [-0.15, -0.1) is 0 Å². The Hall–Kier alpha value is -0.890. The second-order valence-corrected chi connectivity index (χ2v) is 5.89. The number of hydrogen-bond acceptors (Lipinski definition) is 1. The van der Waals surface area contributed by atoms with Crippen molar-refractivity contribution >= 4 is 0 Å². The minimum atomic E-state index is -0.837. The van der Waals surface area contributed by atoms with Gasteiger partial charge in [-0.2, -0.15) is 0 Å². The first-order valence-electron chi connectivity index (χ1n) is 5.81. The minimum absolute atomic E-state index is 0.148. The fourth-order valence-corrected chi connectivity index (χ4v) is 2.77. The molecule has 0 aromatic heterocycles. The van der Waals surface area contributed by atoms with Gasteiger partial charge in [-0.05, 0) is 54.9 Å². The Morgan fingerprint density at radius 3 is 2.38 bits per heavy atom. The molecule has 88 valence electrons. The fourth-order valence-electron chi connectivity index (χ4n) is 2.77. The van der Waals surface area contributed by atoms with Gasteiger partial charge in [0.2, 0.25) is 0 Å². The number of aryl methyl sites for hydroxylation is 1. The van der Waals surface area contributed by atoms with Crippen LogP contribution >= 0.6 is 0 Å². The molecule has 0 bridgehead atoms. The minimum Gasteiger partial charge on any atom is -0.385 e. The third-order valence-electron chi connectivity index (χ3n) is 3.57. The van der Waals surface area contributed by atoms with Gasteiger partial charge in [0, 0.05) is 0 Å². The Kier molecular flexibility index (Phi) is 2.58. The van der Waals surface area contributed by atoms with Crippen LogP contribution in [0.15, 0.2) is 18.2 Å². The van der Waals surface area contributed by atoms with Gasteiger partial charge in [0.15, 0.2) is 0 Å². The molecule has 1 N–H and O–H groups in total. The fraction of sp³-hybridized carbons (Fsp3) is 0.571. The van der Waals surface area contributed by atoms with Crippen LogP contribution in [0.3, 0.4) is 0 Å². The van der Waals surface area contributed by atoms with E-state index in [0.29, 0.717) is 6.42 Å². The van der Waals surface area contributed by atoms with Crippen molar-refractivity contribution in [2.24, 2.45) is 5.41 Å². The molecule has 0 radical (unpaired) electrons. The summed E-state index contributed by atoms with van der Waals surface area (Å²) in [4.78, 5) is 0. The number of benzene rings is 1. The predicted octanol–water partition coefficient (Wildman–Crippen LogP) is 3.53. The molecule has 1 fully saturated rings. The standard InChI is InChI=1S/C14H19FO/c1-10-6-11(8-12(15)7-10)14(16)5-4-13(2,3)9-14/h6-8,16H,4-5,9H2,1-3H3. The van der Waals surface area contributed by atoms with Gasteiger partial charge in [0.1, 0.15) is 5.82 Å². The van der Waals surface area contributed by atoms with Crippen molar-refractivity contribution in [2.75, 3.05) is 0 Å². The lowest BCUT2D eigenvalue weighted by Crippen LogP contribution is -2.23. The Bertz CT molecular complexity index is 391. The van der Waals surface area contributed by atoms with E-state index in [1.165, 1.54) is 12.1 Å². The molecule has 1 atom stereocenters. The van der Waals surface area contributed by atoms with Crippen molar-refractivity contribution in [3.8, 4) is 0 Å². The Morgan fingerprint density at radius 2 is 1.88 bits per heavy atom. The largest absolute Gasteiger partial charge is 0.385 e. The Balaban J connectivity index is 2.37. The zero-order valence-corrected chi connectivity index (χ0v) is 10.2. The van der Waals surface area contributed by atoms with Gasteiger partial charge in [-0.3, -0.25) is 0 Å². The number of hydrogen-bond donors (Lipinski definition) is 1. The van der Waals surface area contributed by atoms with Crippen LogP contribution in [0.25, 0.3) is 0 Å². The highest BCUT2D eigenvalue weighted by Gasteiger charge is 2.43. The van der Waals surface area contributed by atoms with E-state index in [0.717, 1.165) is 24.0 Å². The summed E-state index contributed by atoms with van der Waals surface area (Å²) >= 11 is 0. The highest BCUT2D eigenvalue weighted by atomic mass is 19.1. The number of aliphatic hydroxyl groups is 1. The van der Waals surface area contributed by atoms with Crippen LogP contribution in [0.2, 0.25) is 0 Å². The van der Waals surface area contributed by atoms with Crippen molar-refractivity contribution in [3.63, 3.8) is 0 Å². The van der Waals surface area contributed by atoms with Gasteiger partial charge < -0.3 is 5.11 Å². The molecule has 1 unspecified atom stereocenters. The molecular weight excluding hydrogens is 203 g/mol. The van der Waals surface area contributed by atoms with Crippen LogP contribution in [-0.4, -0.2) is 5.11 Å². The van der Waals surface area contributed by atoms with Crippen LogP contribution < -0.4 is 0 Å². The molecule has 0 saturated heterocycles. The zero-order chi connectivity index (χ0) is 12.0. The molecule has 1 aromatic carbocycles.